The number of hydrogen-bond donors (Lipinski definition) is 1. The average molecular weight is 290 g/mol. The van der Waals surface area contributed by atoms with E-state index < -0.39 is 0 Å². The SMILES string of the molecule is CCNc1nc(SC2CCCC2)nc(-n2cccn2)n1. The molecule has 2 heterocycles. The maximum atomic E-state index is 4.52. The van der Waals surface area contributed by atoms with Gasteiger partial charge in [0, 0.05) is 24.2 Å². The van der Waals surface area contributed by atoms with Crippen molar-refractivity contribution < 1.29 is 0 Å². The molecule has 7 heteroatoms. The van der Waals surface area contributed by atoms with Crippen LogP contribution < -0.4 is 5.32 Å². The third kappa shape index (κ3) is 3.09. The van der Waals surface area contributed by atoms with E-state index in [2.05, 4.69) is 25.4 Å². The van der Waals surface area contributed by atoms with Gasteiger partial charge in [-0.15, -0.1) is 0 Å². The lowest BCUT2D eigenvalue weighted by atomic mass is 10.4. The second-order valence-electron chi connectivity index (χ2n) is 4.75. The molecule has 1 aliphatic rings. The van der Waals surface area contributed by atoms with Gasteiger partial charge < -0.3 is 5.32 Å². The molecule has 106 valence electrons. The Labute approximate surface area is 122 Å². The third-order valence-corrected chi connectivity index (χ3v) is 4.42. The molecule has 0 radical (unpaired) electrons. The van der Waals surface area contributed by atoms with Crippen LogP contribution in [0.2, 0.25) is 0 Å². The monoisotopic (exact) mass is 290 g/mol. The molecule has 1 saturated carbocycles. The number of nitrogens with one attached hydrogen (secondary N) is 1. The molecule has 2 aromatic rings. The van der Waals surface area contributed by atoms with E-state index in [9.17, 15) is 0 Å². The van der Waals surface area contributed by atoms with Crippen molar-refractivity contribution in [3.63, 3.8) is 0 Å². The van der Waals surface area contributed by atoms with Crippen LogP contribution in [0.3, 0.4) is 0 Å². The molecule has 0 atom stereocenters. The molecule has 3 rings (SSSR count). The van der Waals surface area contributed by atoms with Crippen LogP contribution in [0.1, 0.15) is 32.6 Å². The van der Waals surface area contributed by atoms with Crippen molar-refractivity contribution in [3.8, 4) is 5.95 Å². The van der Waals surface area contributed by atoms with E-state index in [-0.39, 0.29) is 0 Å². The molecule has 0 spiro atoms. The van der Waals surface area contributed by atoms with Crippen molar-refractivity contribution in [1.82, 2.24) is 24.7 Å². The number of aromatic nitrogens is 5. The maximum Gasteiger partial charge on any atom is 0.256 e. The predicted molar refractivity (Wildman–Crippen MR) is 79.2 cm³/mol. The molecule has 0 aromatic carbocycles. The van der Waals surface area contributed by atoms with Crippen LogP contribution in [0.15, 0.2) is 23.6 Å². The van der Waals surface area contributed by atoms with Gasteiger partial charge in [0.25, 0.3) is 5.95 Å². The first-order valence-corrected chi connectivity index (χ1v) is 7.89. The van der Waals surface area contributed by atoms with Gasteiger partial charge in [-0.25, -0.2) is 4.68 Å². The molecule has 1 fully saturated rings. The van der Waals surface area contributed by atoms with Crippen LogP contribution in [0.4, 0.5) is 5.95 Å². The molecule has 1 N–H and O–H groups in total. The zero-order valence-corrected chi connectivity index (χ0v) is 12.3. The number of nitrogens with zero attached hydrogens (tertiary/aromatic N) is 5. The standard InChI is InChI=1S/C13H18N6S/c1-2-14-11-16-12(19-9-5-8-15-19)18-13(17-11)20-10-6-3-4-7-10/h5,8-10H,2-4,6-7H2,1H3,(H,14,16,17,18). The largest absolute Gasteiger partial charge is 0.354 e. The molecule has 20 heavy (non-hydrogen) atoms. The van der Waals surface area contributed by atoms with Gasteiger partial charge in [0.1, 0.15) is 0 Å². The lowest BCUT2D eigenvalue weighted by Gasteiger charge is -2.10. The van der Waals surface area contributed by atoms with Gasteiger partial charge >= 0.3 is 0 Å². The van der Waals surface area contributed by atoms with Gasteiger partial charge in [-0.3, -0.25) is 0 Å². The highest BCUT2D eigenvalue weighted by atomic mass is 32.2. The van der Waals surface area contributed by atoms with E-state index in [4.69, 9.17) is 0 Å². The van der Waals surface area contributed by atoms with Crippen LogP contribution in [0.25, 0.3) is 5.95 Å². The predicted octanol–water partition coefficient (Wildman–Crippen LogP) is 2.52. The minimum Gasteiger partial charge on any atom is -0.354 e. The number of thioether (sulfide) groups is 1. The summed E-state index contributed by atoms with van der Waals surface area (Å²) in [5.41, 5.74) is 0. The number of rotatable bonds is 5. The fourth-order valence-corrected chi connectivity index (χ4v) is 3.42. The minimum absolute atomic E-state index is 0.571. The number of hydrogen-bond acceptors (Lipinski definition) is 6. The normalized spacial score (nSPS) is 15.7. The first kappa shape index (κ1) is 13.4. The molecule has 0 amide bonds. The zero-order chi connectivity index (χ0) is 13.8. The lowest BCUT2D eigenvalue weighted by molar-refractivity contribution is 0.757. The third-order valence-electron chi connectivity index (χ3n) is 3.22. The van der Waals surface area contributed by atoms with Gasteiger partial charge in [0.2, 0.25) is 5.95 Å². The molecule has 0 bridgehead atoms. The molecule has 0 saturated heterocycles. The van der Waals surface area contributed by atoms with Crippen LogP contribution in [0.5, 0.6) is 0 Å². The van der Waals surface area contributed by atoms with Gasteiger partial charge in [0.15, 0.2) is 5.16 Å². The lowest BCUT2D eigenvalue weighted by Crippen LogP contribution is -2.10. The Morgan fingerprint density at radius 3 is 2.85 bits per heavy atom. The van der Waals surface area contributed by atoms with E-state index in [1.165, 1.54) is 25.7 Å². The van der Waals surface area contributed by atoms with Gasteiger partial charge in [0.05, 0.1) is 0 Å². The van der Waals surface area contributed by atoms with Gasteiger partial charge in [-0.05, 0) is 25.8 Å². The summed E-state index contributed by atoms with van der Waals surface area (Å²) in [4.78, 5) is 13.4. The minimum atomic E-state index is 0.571. The average Bonchev–Trinajstić information content (AvgIpc) is 3.11. The smallest absolute Gasteiger partial charge is 0.256 e. The fraction of sp³-hybridized carbons (Fsp3) is 0.538. The molecular formula is C13H18N6S. The van der Waals surface area contributed by atoms with E-state index >= 15 is 0 Å². The van der Waals surface area contributed by atoms with Crippen molar-refractivity contribution in [2.75, 3.05) is 11.9 Å². The van der Waals surface area contributed by atoms with Crippen LogP contribution in [-0.2, 0) is 0 Å². The van der Waals surface area contributed by atoms with Crippen molar-refractivity contribution >= 4 is 17.7 Å². The van der Waals surface area contributed by atoms with E-state index in [1.807, 2.05) is 19.2 Å². The van der Waals surface area contributed by atoms with E-state index in [1.54, 1.807) is 22.6 Å². The first-order valence-electron chi connectivity index (χ1n) is 7.02. The van der Waals surface area contributed by atoms with Crippen molar-refractivity contribution in [2.24, 2.45) is 0 Å². The number of anilines is 1. The molecule has 1 aliphatic carbocycles. The Morgan fingerprint density at radius 1 is 1.30 bits per heavy atom. The second-order valence-corrected chi connectivity index (χ2v) is 6.01. The maximum absolute atomic E-state index is 4.52. The van der Waals surface area contributed by atoms with Gasteiger partial charge in [-0.2, -0.15) is 20.1 Å². The van der Waals surface area contributed by atoms with Crippen LogP contribution >= 0.6 is 11.8 Å². The summed E-state index contributed by atoms with van der Waals surface area (Å²) in [6.45, 7) is 2.82. The summed E-state index contributed by atoms with van der Waals surface area (Å²) in [5, 5.41) is 8.77. The Balaban J connectivity index is 1.87. The van der Waals surface area contributed by atoms with Crippen molar-refractivity contribution in [3.05, 3.63) is 18.5 Å². The summed E-state index contributed by atoms with van der Waals surface area (Å²) in [5.74, 6) is 1.19. The second kappa shape index (κ2) is 6.21. The molecule has 2 aromatic heterocycles. The van der Waals surface area contributed by atoms with Gasteiger partial charge in [-0.1, -0.05) is 24.6 Å². The van der Waals surface area contributed by atoms with E-state index in [0.717, 1.165) is 11.7 Å². The topological polar surface area (TPSA) is 68.5 Å². The molecule has 6 nitrogen and oxygen atoms in total. The molecular weight excluding hydrogens is 272 g/mol. The summed E-state index contributed by atoms with van der Waals surface area (Å²) >= 11 is 1.76. The van der Waals surface area contributed by atoms with Crippen molar-refractivity contribution in [2.45, 2.75) is 43.0 Å². The highest BCUT2D eigenvalue weighted by Crippen LogP contribution is 2.33. The molecule has 0 aliphatic heterocycles. The molecule has 0 unspecified atom stereocenters. The van der Waals surface area contributed by atoms with Crippen LogP contribution in [0, 0.1) is 0 Å². The Kier molecular flexibility index (Phi) is 4.15. The first-order chi connectivity index (χ1) is 9.85. The summed E-state index contributed by atoms with van der Waals surface area (Å²) < 4.78 is 1.67. The highest BCUT2D eigenvalue weighted by molar-refractivity contribution is 7.99. The summed E-state index contributed by atoms with van der Waals surface area (Å²) in [6.07, 6.45) is 8.70. The zero-order valence-electron chi connectivity index (χ0n) is 11.5. The highest BCUT2D eigenvalue weighted by Gasteiger charge is 2.19. The fourth-order valence-electron chi connectivity index (χ4n) is 2.28. The summed E-state index contributed by atoms with van der Waals surface area (Å²) in [7, 11) is 0. The van der Waals surface area contributed by atoms with Crippen molar-refractivity contribution in [1.29, 1.82) is 0 Å². The summed E-state index contributed by atoms with van der Waals surface area (Å²) in [6, 6.07) is 1.86. The quantitative estimate of drug-likeness (QED) is 0.912. The Morgan fingerprint density at radius 2 is 2.15 bits per heavy atom. The Hall–Kier alpha value is -1.63. The van der Waals surface area contributed by atoms with Crippen LogP contribution in [-0.4, -0.2) is 36.5 Å². The Bertz CT molecular complexity index is 550. The van der Waals surface area contributed by atoms with E-state index in [0.29, 0.717) is 17.1 Å².